The summed E-state index contributed by atoms with van der Waals surface area (Å²) in [6.45, 7) is 6.36. The second kappa shape index (κ2) is 8.31. The Bertz CT molecular complexity index is 894. The first-order valence-corrected chi connectivity index (χ1v) is 11.3. The van der Waals surface area contributed by atoms with E-state index in [1.807, 2.05) is 18.4 Å². The van der Waals surface area contributed by atoms with E-state index in [-0.39, 0.29) is 11.6 Å². The van der Waals surface area contributed by atoms with Crippen molar-refractivity contribution in [1.82, 2.24) is 14.5 Å². The third-order valence-electron chi connectivity index (χ3n) is 5.79. The number of nitrogens with zero attached hydrogens (tertiary/aromatic N) is 3. The second-order valence-electron chi connectivity index (χ2n) is 7.54. The highest BCUT2D eigenvalue weighted by molar-refractivity contribution is 7.91. The van der Waals surface area contributed by atoms with E-state index in [0.29, 0.717) is 37.0 Å². The molecule has 0 bridgehead atoms. The number of benzene rings is 1. The van der Waals surface area contributed by atoms with E-state index in [2.05, 4.69) is 9.88 Å². The first-order chi connectivity index (χ1) is 13.9. The largest absolute Gasteiger partial charge is 0.609 e. The minimum absolute atomic E-state index is 0.0671. The van der Waals surface area contributed by atoms with Gasteiger partial charge in [0.1, 0.15) is 23.5 Å². The van der Waals surface area contributed by atoms with Crippen molar-refractivity contribution in [2.75, 3.05) is 12.4 Å². The van der Waals surface area contributed by atoms with Crippen LogP contribution in [0.25, 0.3) is 0 Å². The number of rotatable bonds is 5. The van der Waals surface area contributed by atoms with Crippen LogP contribution in [0.2, 0.25) is 0 Å². The standard InChI is InChI=1S/C20H26F2N4O2S/c1-3-26-18-10-25(9-17(18)24-20(26)29(27)4-2)13-8-16(23)19(28-11-13)14-7-12(21)5-6-15(14)22/h5-7,13,16,19H,3-4,8-11,23H2,1-2H3/t13-,16+,19-,29?/m1/s1. The maximum absolute atomic E-state index is 14.1. The second-order valence-corrected chi connectivity index (χ2v) is 9.18. The highest BCUT2D eigenvalue weighted by Crippen LogP contribution is 2.35. The maximum atomic E-state index is 14.1. The highest BCUT2D eigenvalue weighted by Gasteiger charge is 2.38. The van der Waals surface area contributed by atoms with Crippen LogP contribution in [-0.4, -0.2) is 43.4 Å². The summed E-state index contributed by atoms with van der Waals surface area (Å²) in [6, 6.07) is 2.99. The van der Waals surface area contributed by atoms with Gasteiger partial charge in [0.2, 0.25) is 0 Å². The Morgan fingerprint density at radius 1 is 1.31 bits per heavy atom. The molecule has 0 aliphatic carbocycles. The molecule has 0 spiro atoms. The smallest absolute Gasteiger partial charge is 0.323 e. The number of aromatic nitrogens is 2. The Balaban J connectivity index is 1.46. The third kappa shape index (κ3) is 3.82. The highest BCUT2D eigenvalue weighted by atomic mass is 32.2. The molecule has 29 heavy (non-hydrogen) atoms. The van der Waals surface area contributed by atoms with Gasteiger partial charge in [-0.2, -0.15) is 4.98 Å². The summed E-state index contributed by atoms with van der Waals surface area (Å²) in [5, 5.41) is 0.651. The molecule has 2 N–H and O–H groups in total. The molecule has 9 heteroatoms. The lowest BCUT2D eigenvalue weighted by molar-refractivity contribution is -0.0536. The lowest BCUT2D eigenvalue weighted by atomic mass is 9.93. The molecule has 4 rings (SSSR count). The first-order valence-electron chi connectivity index (χ1n) is 9.95. The van der Waals surface area contributed by atoms with Gasteiger partial charge in [0.25, 0.3) is 0 Å². The molecular weight excluding hydrogens is 398 g/mol. The molecule has 0 saturated carbocycles. The molecule has 1 saturated heterocycles. The summed E-state index contributed by atoms with van der Waals surface area (Å²) < 4.78 is 47.9. The summed E-state index contributed by atoms with van der Waals surface area (Å²) in [7, 11) is 0. The molecule has 2 aliphatic heterocycles. The lowest BCUT2D eigenvalue weighted by Crippen LogP contribution is -2.48. The quantitative estimate of drug-likeness (QED) is 0.746. The van der Waals surface area contributed by atoms with Crippen molar-refractivity contribution in [3.05, 3.63) is 46.8 Å². The zero-order valence-electron chi connectivity index (χ0n) is 16.6. The van der Waals surface area contributed by atoms with Crippen LogP contribution in [0.15, 0.2) is 23.4 Å². The summed E-state index contributed by atoms with van der Waals surface area (Å²) in [6.07, 6.45) is -0.0433. The number of fused-ring (bicyclic) bond motifs is 1. The van der Waals surface area contributed by atoms with Gasteiger partial charge in [0.15, 0.2) is 0 Å². The van der Waals surface area contributed by atoms with E-state index in [1.165, 1.54) is 0 Å². The molecule has 6 nitrogen and oxygen atoms in total. The van der Waals surface area contributed by atoms with Crippen molar-refractivity contribution >= 4 is 11.2 Å². The third-order valence-corrected chi connectivity index (χ3v) is 7.03. The molecule has 0 amide bonds. The minimum atomic E-state index is -1.09. The monoisotopic (exact) mass is 424 g/mol. The van der Waals surface area contributed by atoms with Crippen molar-refractivity contribution in [3.8, 4) is 0 Å². The lowest BCUT2D eigenvalue weighted by Gasteiger charge is -2.38. The van der Waals surface area contributed by atoms with Crippen LogP contribution in [0.1, 0.15) is 43.3 Å². The van der Waals surface area contributed by atoms with Gasteiger partial charge >= 0.3 is 5.16 Å². The van der Waals surface area contributed by atoms with E-state index >= 15 is 0 Å². The molecule has 1 aromatic carbocycles. The minimum Gasteiger partial charge on any atom is -0.609 e. The molecule has 2 aliphatic rings. The summed E-state index contributed by atoms with van der Waals surface area (Å²) in [5.41, 5.74) is 8.52. The molecule has 158 valence electrons. The van der Waals surface area contributed by atoms with Crippen molar-refractivity contribution in [2.24, 2.45) is 5.73 Å². The van der Waals surface area contributed by atoms with Gasteiger partial charge in [0.05, 0.1) is 18.0 Å². The average Bonchev–Trinajstić information content (AvgIpc) is 3.27. The fraction of sp³-hybridized carbons (Fsp3) is 0.550. The number of hydrogen-bond donors (Lipinski definition) is 1. The first kappa shape index (κ1) is 20.7. The van der Waals surface area contributed by atoms with Crippen LogP contribution in [0, 0.1) is 11.6 Å². The topological polar surface area (TPSA) is 79.4 Å². The van der Waals surface area contributed by atoms with Crippen molar-refractivity contribution < 1.29 is 18.1 Å². The summed E-state index contributed by atoms with van der Waals surface area (Å²) >= 11 is -1.09. The van der Waals surface area contributed by atoms with Crippen LogP contribution in [0.5, 0.6) is 0 Å². The van der Waals surface area contributed by atoms with Gasteiger partial charge in [-0.1, -0.05) is 0 Å². The molecule has 4 atom stereocenters. The Hall–Kier alpha value is -1.52. The number of ether oxygens (including phenoxy) is 1. The summed E-state index contributed by atoms with van der Waals surface area (Å²) in [4.78, 5) is 6.89. The van der Waals surface area contributed by atoms with Gasteiger partial charge in [0, 0.05) is 48.5 Å². The Morgan fingerprint density at radius 3 is 2.79 bits per heavy atom. The predicted molar refractivity (Wildman–Crippen MR) is 106 cm³/mol. The van der Waals surface area contributed by atoms with Gasteiger partial charge in [-0.15, -0.1) is 0 Å². The van der Waals surface area contributed by atoms with E-state index in [9.17, 15) is 13.3 Å². The Morgan fingerprint density at radius 2 is 2.10 bits per heavy atom. The van der Waals surface area contributed by atoms with Crippen molar-refractivity contribution in [1.29, 1.82) is 0 Å². The molecule has 3 heterocycles. The maximum Gasteiger partial charge on any atom is 0.323 e. The van der Waals surface area contributed by atoms with E-state index in [4.69, 9.17) is 10.5 Å². The van der Waals surface area contributed by atoms with Crippen molar-refractivity contribution in [2.45, 2.75) is 63.2 Å². The Kier molecular flexibility index (Phi) is 5.94. The number of halogens is 2. The van der Waals surface area contributed by atoms with Gasteiger partial charge in [-0.3, -0.25) is 9.47 Å². The number of imidazole rings is 1. The van der Waals surface area contributed by atoms with Crippen LogP contribution in [-0.2, 0) is 35.5 Å². The zero-order valence-corrected chi connectivity index (χ0v) is 17.4. The Labute approximate surface area is 172 Å². The van der Waals surface area contributed by atoms with Gasteiger partial charge in [-0.25, -0.2) is 8.78 Å². The van der Waals surface area contributed by atoms with Crippen LogP contribution in [0.3, 0.4) is 0 Å². The fourth-order valence-corrected chi connectivity index (χ4v) is 5.25. The molecule has 0 radical (unpaired) electrons. The molecular formula is C20H26F2N4O2S. The molecule has 1 fully saturated rings. The van der Waals surface area contributed by atoms with Crippen LogP contribution in [0.4, 0.5) is 8.78 Å². The normalized spacial score (nSPS) is 25.9. The summed E-state index contributed by atoms with van der Waals surface area (Å²) in [5.74, 6) is -0.461. The van der Waals surface area contributed by atoms with Crippen LogP contribution >= 0.6 is 0 Å². The number of nitrogens with two attached hydrogens (primary N) is 1. The van der Waals surface area contributed by atoms with Gasteiger partial charge in [-0.05, 0) is 38.5 Å². The van der Waals surface area contributed by atoms with Gasteiger partial charge < -0.3 is 15.0 Å². The number of hydrogen-bond acceptors (Lipinski definition) is 5. The molecule has 1 unspecified atom stereocenters. The van der Waals surface area contributed by atoms with Crippen molar-refractivity contribution in [3.63, 3.8) is 0 Å². The van der Waals surface area contributed by atoms with Crippen LogP contribution < -0.4 is 5.73 Å². The van der Waals surface area contributed by atoms with E-state index in [0.717, 1.165) is 36.1 Å². The zero-order chi connectivity index (χ0) is 20.7. The molecule has 2 aromatic rings. The van der Waals surface area contributed by atoms with E-state index in [1.54, 1.807) is 0 Å². The predicted octanol–water partition coefficient (Wildman–Crippen LogP) is 2.48. The molecule has 1 aromatic heterocycles. The average molecular weight is 425 g/mol. The van der Waals surface area contributed by atoms with E-state index < -0.39 is 35.0 Å². The fourth-order valence-electron chi connectivity index (χ4n) is 4.29. The SMILES string of the molecule is CCn1c([S+]([O-])CC)nc2c1CN([C@H]1CO[C@H](c3cc(F)ccc3F)[C@@H](N)C1)C2.